The van der Waals surface area contributed by atoms with Crippen LogP contribution >= 0.6 is 0 Å². The summed E-state index contributed by atoms with van der Waals surface area (Å²) in [4.78, 5) is 25.9. The number of rotatable bonds is 5. The molecule has 1 fully saturated rings. The summed E-state index contributed by atoms with van der Waals surface area (Å²) in [6.45, 7) is 1.77. The molecule has 1 aliphatic heterocycles. The quantitative estimate of drug-likeness (QED) is 0.820. The molecule has 0 atom stereocenters. The van der Waals surface area contributed by atoms with Gasteiger partial charge >= 0.3 is 0 Å². The fraction of sp³-hybridized carbons (Fsp3) is 0.263. The summed E-state index contributed by atoms with van der Waals surface area (Å²) in [6, 6.07) is 8.68. The lowest BCUT2D eigenvalue weighted by Gasteiger charge is -2.30. The fourth-order valence-electron chi connectivity index (χ4n) is 2.94. The van der Waals surface area contributed by atoms with Gasteiger partial charge in [0.15, 0.2) is 0 Å². The zero-order valence-corrected chi connectivity index (χ0v) is 13.9. The van der Waals surface area contributed by atoms with E-state index in [0.717, 1.165) is 31.6 Å². The maximum atomic E-state index is 12.1. The van der Waals surface area contributed by atoms with Crippen LogP contribution in [-0.4, -0.2) is 24.9 Å². The van der Waals surface area contributed by atoms with Crippen LogP contribution in [0.5, 0.6) is 0 Å². The standard InChI is InChI=1S/C19H21N3O3/c20-19(24)16-8-6-14(13-17(16)22-10-2-1-3-11-22)21-18(23)9-7-15-5-4-12-25-15/h4-9,12-13H,1-3,10-11H2,(H2,20,24)(H,21,23). The lowest BCUT2D eigenvalue weighted by molar-refractivity contribution is -0.111. The highest BCUT2D eigenvalue weighted by atomic mass is 16.3. The summed E-state index contributed by atoms with van der Waals surface area (Å²) < 4.78 is 5.15. The highest BCUT2D eigenvalue weighted by molar-refractivity contribution is 6.04. The Morgan fingerprint density at radius 3 is 2.64 bits per heavy atom. The van der Waals surface area contributed by atoms with Crippen molar-refractivity contribution in [3.8, 4) is 0 Å². The predicted molar refractivity (Wildman–Crippen MR) is 97.4 cm³/mol. The zero-order chi connectivity index (χ0) is 17.6. The Kier molecular flexibility index (Phi) is 5.18. The topological polar surface area (TPSA) is 88.6 Å². The zero-order valence-electron chi connectivity index (χ0n) is 13.9. The lowest BCUT2D eigenvalue weighted by Crippen LogP contribution is -2.31. The van der Waals surface area contributed by atoms with Gasteiger partial charge in [-0.15, -0.1) is 0 Å². The lowest BCUT2D eigenvalue weighted by atomic mass is 10.1. The number of nitrogens with one attached hydrogen (secondary N) is 1. The first-order valence-corrected chi connectivity index (χ1v) is 8.35. The van der Waals surface area contributed by atoms with Crippen LogP contribution in [-0.2, 0) is 4.79 Å². The van der Waals surface area contributed by atoms with E-state index >= 15 is 0 Å². The monoisotopic (exact) mass is 339 g/mol. The van der Waals surface area contributed by atoms with E-state index in [1.807, 2.05) is 6.07 Å². The Hall–Kier alpha value is -3.02. The minimum Gasteiger partial charge on any atom is -0.465 e. The number of carbonyl (C=O) groups excluding carboxylic acids is 2. The van der Waals surface area contributed by atoms with Gasteiger partial charge in [0, 0.05) is 24.9 Å². The number of primary amides is 1. The van der Waals surface area contributed by atoms with Crippen LogP contribution in [0.25, 0.3) is 6.08 Å². The molecule has 6 heteroatoms. The summed E-state index contributed by atoms with van der Waals surface area (Å²) in [5.74, 6) is -0.128. The fourth-order valence-corrected chi connectivity index (χ4v) is 2.94. The molecule has 2 amide bonds. The minimum absolute atomic E-state index is 0.271. The number of hydrogen-bond acceptors (Lipinski definition) is 4. The van der Waals surface area contributed by atoms with Gasteiger partial charge in [-0.25, -0.2) is 0 Å². The molecule has 2 heterocycles. The molecule has 0 aliphatic carbocycles. The van der Waals surface area contributed by atoms with Gasteiger partial charge in [-0.1, -0.05) is 0 Å². The van der Waals surface area contributed by atoms with Crippen LogP contribution in [0.15, 0.2) is 47.1 Å². The van der Waals surface area contributed by atoms with Crippen molar-refractivity contribution >= 4 is 29.3 Å². The average Bonchev–Trinajstić information content (AvgIpc) is 3.14. The molecule has 1 saturated heterocycles. The second-order valence-corrected chi connectivity index (χ2v) is 5.98. The minimum atomic E-state index is -0.462. The van der Waals surface area contributed by atoms with Gasteiger partial charge < -0.3 is 20.4 Å². The first kappa shape index (κ1) is 16.8. The summed E-state index contributed by atoms with van der Waals surface area (Å²) in [6.07, 6.45) is 7.91. The van der Waals surface area contributed by atoms with Gasteiger partial charge in [0.1, 0.15) is 5.76 Å². The van der Waals surface area contributed by atoms with Crippen molar-refractivity contribution in [2.45, 2.75) is 19.3 Å². The van der Waals surface area contributed by atoms with Crippen LogP contribution < -0.4 is 16.0 Å². The number of piperidine rings is 1. The number of benzene rings is 1. The normalized spacial score (nSPS) is 14.6. The predicted octanol–water partition coefficient (Wildman–Crippen LogP) is 3.02. The van der Waals surface area contributed by atoms with Crippen LogP contribution in [0.3, 0.4) is 0 Å². The molecule has 1 aromatic heterocycles. The van der Waals surface area contributed by atoms with Crippen molar-refractivity contribution in [1.29, 1.82) is 0 Å². The highest BCUT2D eigenvalue weighted by Crippen LogP contribution is 2.27. The van der Waals surface area contributed by atoms with Crippen molar-refractivity contribution in [1.82, 2.24) is 0 Å². The van der Waals surface area contributed by atoms with Crippen molar-refractivity contribution in [2.24, 2.45) is 5.73 Å². The van der Waals surface area contributed by atoms with Gasteiger partial charge in [-0.05, 0) is 55.7 Å². The first-order chi connectivity index (χ1) is 12.1. The van der Waals surface area contributed by atoms with E-state index in [4.69, 9.17) is 10.2 Å². The number of nitrogens with zero attached hydrogens (tertiary/aromatic N) is 1. The molecular weight excluding hydrogens is 318 g/mol. The third-order valence-electron chi connectivity index (χ3n) is 4.17. The van der Waals surface area contributed by atoms with Gasteiger partial charge in [0.05, 0.1) is 17.5 Å². The van der Waals surface area contributed by atoms with E-state index in [-0.39, 0.29) is 5.91 Å². The summed E-state index contributed by atoms with van der Waals surface area (Å²) >= 11 is 0. The highest BCUT2D eigenvalue weighted by Gasteiger charge is 2.18. The maximum absolute atomic E-state index is 12.1. The Morgan fingerprint density at radius 1 is 1.16 bits per heavy atom. The molecular formula is C19H21N3O3. The largest absolute Gasteiger partial charge is 0.465 e. The second-order valence-electron chi connectivity index (χ2n) is 5.98. The van der Waals surface area contributed by atoms with Crippen molar-refractivity contribution in [3.63, 3.8) is 0 Å². The van der Waals surface area contributed by atoms with Crippen LogP contribution in [0.4, 0.5) is 11.4 Å². The van der Waals surface area contributed by atoms with E-state index < -0.39 is 5.91 Å². The van der Waals surface area contributed by atoms with Crippen LogP contribution in [0, 0.1) is 0 Å². The number of nitrogens with two attached hydrogens (primary N) is 1. The van der Waals surface area contributed by atoms with Crippen molar-refractivity contribution in [3.05, 3.63) is 54.0 Å². The number of hydrogen-bond donors (Lipinski definition) is 2. The van der Waals surface area contributed by atoms with Gasteiger partial charge in [0.2, 0.25) is 5.91 Å². The molecule has 0 radical (unpaired) electrons. The van der Waals surface area contributed by atoms with E-state index in [9.17, 15) is 9.59 Å². The molecule has 1 aliphatic rings. The molecule has 3 rings (SSSR count). The number of furan rings is 1. The molecule has 0 bridgehead atoms. The molecule has 1 aromatic carbocycles. The Labute approximate surface area is 146 Å². The van der Waals surface area contributed by atoms with Crippen molar-refractivity contribution < 1.29 is 14.0 Å². The third-order valence-corrected chi connectivity index (χ3v) is 4.17. The van der Waals surface area contributed by atoms with Crippen LogP contribution in [0.2, 0.25) is 0 Å². The van der Waals surface area contributed by atoms with E-state index in [0.29, 0.717) is 17.0 Å². The molecule has 3 N–H and O–H groups in total. The third kappa shape index (κ3) is 4.29. The molecule has 130 valence electrons. The number of anilines is 2. The van der Waals surface area contributed by atoms with Crippen LogP contribution in [0.1, 0.15) is 35.4 Å². The molecule has 6 nitrogen and oxygen atoms in total. The molecule has 2 aromatic rings. The molecule has 0 saturated carbocycles. The average molecular weight is 339 g/mol. The Morgan fingerprint density at radius 2 is 1.96 bits per heavy atom. The Balaban J connectivity index is 1.77. The molecule has 0 unspecified atom stereocenters. The SMILES string of the molecule is NC(=O)c1ccc(NC(=O)C=Cc2ccco2)cc1N1CCCCC1. The van der Waals surface area contributed by atoms with E-state index in [1.54, 1.807) is 36.6 Å². The molecule has 25 heavy (non-hydrogen) atoms. The van der Waals surface area contributed by atoms with Crippen molar-refractivity contribution in [2.75, 3.05) is 23.3 Å². The maximum Gasteiger partial charge on any atom is 0.250 e. The van der Waals surface area contributed by atoms with Gasteiger partial charge in [-0.2, -0.15) is 0 Å². The van der Waals surface area contributed by atoms with Gasteiger partial charge in [0.25, 0.3) is 5.91 Å². The van der Waals surface area contributed by atoms with E-state index in [2.05, 4.69) is 10.2 Å². The number of carbonyl (C=O) groups is 2. The van der Waals surface area contributed by atoms with Gasteiger partial charge in [-0.3, -0.25) is 9.59 Å². The second kappa shape index (κ2) is 7.70. The summed E-state index contributed by atoms with van der Waals surface area (Å²) in [7, 11) is 0. The smallest absolute Gasteiger partial charge is 0.250 e. The molecule has 0 spiro atoms. The number of amides is 2. The summed E-state index contributed by atoms with van der Waals surface area (Å²) in [5.41, 5.74) is 7.38. The first-order valence-electron chi connectivity index (χ1n) is 8.35. The summed E-state index contributed by atoms with van der Waals surface area (Å²) in [5, 5.41) is 2.80. The van der Waals surface area contributed by atoms with E-state index in [1.165, 1.54) is 12.5 Å². The Bertz CT molecular complexity index is 775.